The highest BCUT2D eigenvalue weighted by atomic mass is 79.9. The predicted octanol–water partition coefficient (Wildman–Crippen LogP) is 4.36. The minimum atomic E-state index is -0.425. The van der Waals surface area contributed by atoms with Crippen molar-refractivity contribution >= 4 is 38.6 Å². The maximum Gasteiger partial charge on any atom is 0.306 e. The zero-order valence-corrected chi connectivity index (χ0v) is 16.4. The van der Waals surface area contributed by atoms with Crippen LogP contribution in [0.15, 0.2) is 59.1 Å². The van der Waals surface area contributed by atoms with Crippen LogP contribution in [-0.4, -0.2) is 30.5 Å². The summed E-state index contributed by atoms with van der Waals surface area (Å²) in [4.78, 5) is 28.6. The van der Waals surface area contributed by atoms with Crippen molar-refractivity contribution in [3.63, 3.8) is 0 Å². The Morgan fingerprint density at radius 1 is 1.07 bits per heavy atom. The number of fused-ring (bicyclic) bond motifs is 1. The second kappa shape index (κ2) is 8.77. The number of esters is 1. The Balaban J connectivity index is 1.51. The summed E-state index contributed by atoms with van der Waals surface area (Å²) in [7, 11) is 1.55. The van der Waals surface area contributed by atoms with Gasteiger partial charge in [-0.25, -0.2) is 0 Å². The SMILES string of the molecule is COc1ccc(C(=O)COC(=O)CCc2ccc3ccccc3n2)cc1Br. The van der Waals surface area contributed by atoms with Crippen molar-refractivity contribution in [1.29, 1.82) is 0 Å². The summed E-state index contributed by atoms with van der Waals surface area (Å²) in [6.07, 6.45) is 0.636. The molecule has 1 aromatic heterocycles. The number of hydrogen-bond acceptors (Lipinski definition) is 5. The lowest BCUT2D eigenvalue weighted by molar-refractivity contribution is -0.142. The van der Waals surface area contributed by atoms with Gasteiger partial charge in [0.1, 0.15) is 5.75 Å². The van der Waals surface area contributed by atoms with Crippen molar-refractivity contribution in [2.45, 2.75) is 12.8 Å². The number of benzene rings is 2. The molecule has 0 bridgehead atoms. The van der Waals surface area contributed by atoms with Crippen LogP contribution in [0.4, 0.5) is 0 Å². The lowest BCUT2D eigenvalue weighted by atomic mass is 10.1. The third kappa shape index (κ3) is 4.92. The number of ketones is 1. The molecule has 1 heterocycles. The van der Waals surface area contributed by atoms with Gasteiger partial charge in [-0.15, -0.1) is 0 Å². The van der Waals surface area contributed by atoms with Crippen LogP contribution in [0.3, 0.4) is 0 Å². The number of aryl methyl sites for hydroxylation is 1. The fourth-order valence-corrected chi connectivity index (χ4v) is 3.16. The van der Waals surface area contributed by atoms with Crippen molar-refractivity contribution in [3.8, 4) is 5.75 Å². The number of carbonyl (C=O) groups excluding carboxylic acids is 2. The number of carbonyl (C=O) groups is 2. The molecule has 5 nitrogen and oxygen atoms in total. The molecule has 0 radical (unpaired) electrons. The Kier molecular flexibility index (Phi) is 6.19. The van der Waals surface area contributed by atoms with E-state index in [2.05, 4.69) is 20.9 Å². The summed E-state index contributed by atoms with van der Waals surface area (Å²) in [6, 6.07) is 16.7. The molecule has 0 aliphatic heterocycles. The van der Waals surface area contributed by atoms with Gasteiger partial charge in [0.05, 0.1) is 23.5 Å². The standard InChI is InChI=1S/C21H18BrNO4/c1-26-20-10-7-15(12-17(20)22)19(24)13-27-21(25)11-9-16-8-6-14-4-2-3-5-18(14)23-16/h2-8,10,12H,9,11,13H2,1H3. The van der Waals surface area contributed by atoms with Crippen LogP contribution < -0.4 is 4.74 Å². The molecule has 3 rings (SSSR count). The van der Waals surface area contributed by atoms with Crippen LogP contribution in [0.1, 0.15) is 22.5 Å². The van der Waals surface area contributed by atoms with Crippen molar-refractivity contribution in [2.75, 3.05) is 13.7 Å². The van der Waals surface area contributed by atoms with Crippen LogP contribution in [0, 0.1) is 0 Å². The van der Waals surface area contributed by atoms with Gasteiger partial charge in [-0.05, 0) is 46.3 Å². The molecule has 2 aromatic carbocycles. The fraction of sp³-hybridized carbons (Fsp3) is 0.190. The number of methoxy groups -OCH3 is 1. The minimum Gasteiger partial charge on any atom is -0.496 e. The topological polar surface area (TPSA) is 65.5 Å². The quantitative estimate of drug-likeness (QED) is 0.413. The van der Waals surface area contributed by atoms with Gasteiger partial charge in [0, 0.05) is 23.1 Å². The second-order valence-electron chi connectivity index (χ2n) is 5.93. The van der Waals surface area contributed by atoms with E-state index in [-0.39, 0.29) is 18.8 Å². The average Bonchev–Trinajstić information content (AvgIpc) is 2.70. The number of nitrogens with zero attached hydrogens (tertiary/aromatic N) is 1. The van der Waals surface area contributed by atoms with Gasteiger partial charge in [-0.1, -0.05) is 24.3 Å². The van der Waals surface area contributed by atoms with Gasteiger partial charge < -0.3 is 9.47 Å². The molecule has 0 saturated carbocycles. The van der Waals surface area contributed by atoms with E-state index >= 15 is 0 Å². The van der Waals surface area contributed by atoms with Gasteiger partial charge in [0.25, 0.3) is 0 Å². The van der Waals surface area contributed by atoms with Crippen molar-refractivity contribution in [1.82, 2.24) is 4.98 Å². The molecule has 0 aliphatic rings. The molecule has 6 heteroatoms. The summed E-state index contributed by atoms with van der Waals surface area (Å²) in [5.74, 6) is -0.0622. The highest BCUT2D eigenvalue weighted by molar-refractivity contribution is 9.10. The number of halogens is 1. The van der Waals surface area contributed by atoms with Crippen molar-refractivity contribution in [2.24, 2.45) is 0 Å². The van der Waals surface area contributed by atoms with Crippen LogP contribution >= 0.6 is 15.9 Å². The molecule has 0 unspecified atom stereocenters. The predicted molar refractivity (Wildman–Crippen MR) is 106 cm³/mol. The largest absolute Gasteiger partial charge is 0.496 e. The zero-order valence-electron chi connectivity index (χ0n) is 14.8. The number of aromatic nitrogens is 1. The highest BCUT2D eigenvalue weighted by Gasteiger charge is 2.12. The monoisotopic (exact) mass is 427 g/mol. The van der Waals surface area contributed by atoms with E-state index in [4.69, 9.17) is 9.47 Å². The Bertz CT molecular complexity index is 987. The van der Waals surface area contributed by atoms with Crippen molar-refractivity contribution < 1.29 is 19.1 Å². The van der Waals surface area contributed by atoms with Gasteiger partial charge in [-0.3, -0.25) is 14.6 Å². The van der Waals surface area contributed by atoms with E-state index in [1.807, 2.05) is 36.4 Å². The smallest absolute Gasteiger partial charge is 0.306 e. The number of pyridine rings is 1. The minimum absolute atomic E-state index is 0.172. The molecule has 0 amide bonds. The lowest BCUT2D eigenvalue weighted by Crippen LogP contribution is -2.14. The molecule has 0 spiro atoms. The Morgan fingerprint density at radius 3 is 2.67 bits per heavy atom. The molecule has 0 atom stereocenters. The molecule has 27 heavy (non-hydrogen) atoms. The number of hydrogen-bond donors (Lipinski definition) is 0. The summed E-state index contributed by atoms with van der Waals surface area (Å²) >= 11 is 3.33. The average molecular weight is 428 g/mol. The van der Waals surface area contributed by atoms with Crippen molar-refractivity contribution in [3.05, 3.63) is 70.3 Å². The first-order chi connectivity index (χ1) is 13.1. The first kappa shape index (κ1) is 19.0. The van der Waals surface area contributed by atoms with E-state index < -0.39 is 5.97 Å². The van der Waals surface area contributed by atoms with Crippen LogP contribution in [0.25, 0.3) is 10.9 Å². The van der Waals surface area contributed by atoms with Gasteiger partial charge in [0.2, 0.25) is 0 Å². The summed E-state index contributed by atoms with van der Waals surface area (Å²) in [5, 5.41) is 1.06. The molecule has 138 valence electrons. The number of para-hydroxylation sites is 1. The summed E-state index contributed by atoms with van der Waals surface area (Å²) in [6.45, 7) is -0.289. The Hall–Kier alpha value is -2.73. The molecular weight excluding hydrogens is 410 g/mol. The second-order valence-corrected chi connectivity index (χ2v) is 6.78. The third-order valence-corrected chi connectivity index (χ3v) is 4.70. The molecule has 0 aliphatic carbocycles. The Labute approximate surface area is 165 Å². The zero-order chi connectivity index (χ0) is 19.2. The van der Waals surface area contributed by atoms with Crippen LogP contribution in [0.2, 0.25) is 0 Å². The highest BCUT2D eigenvalue weighted by Crippen LogP contribution is 2.25. The normalized spacial score (nSPS) is 10.6. The third-order valence-electron chi connectivity index (χ3n) is 4.08. The van der Waals surface area contributed by atoms with Gasteiger partial charge >= 0.3 is 5.97 Å². The summed E-state index contributed by atoms with van der Waals surface area (Å²) in [5.41, 5.74) is 2.16. The number of rotatable bonds is 7. The lowest BCUT2D eigenvalue weighted by Gasteiger charge is -2.07. The molecule has 0 N–H and O–H groups in total. The number of Topliss-reactive ketones (excluding diaryl/α,β-unsaturated/α-hetero) is 1. The van der Waals surface area contributed by atoms with Gasteiger partial charge in [0.15, 0.2) is 12.4 Å². The summed E-state index contributed by atoms with van der Waals surface area (Å²) < 4.78 is 10.9. The van der Waals surface area contributed by atoms with Crippen LogP contribution in [-0.2, 0) is 16.0 Å². The van der Waals surface area contributed by atoms with E-state index in [0.717, 1.165) is 16.6 Å². The molecule has 0 saturated heterocycles. The number of ether oxygens (including phenoxy) is 2. The molecule has 3 aromatic rings. The first-order valence-electron chi connectivity index (χ1n) is 8.44. The molecule has 0 fully saturated rings. The molecular formula is C21H18BrNO4. The van der Waals surface area contributed by atoms with Gasteiger partial charge in [-0.2, -0.15) is 0 Å². The maximum atomic E-state index is 12.2. The first-order valence-corrected chi connectivity index (χ1v) is 9.23. The van der Waals surface area contributed by atoms with E-state index in [1.54, 1.807) is 25.3 Å². The van der Waals surface area contributed by atoms with Crippen LogP contribution in [0.5, 0.6) is 5.75 Å². The maximum absolute atomic E-state index is 12.2. The van der Waals surface area contributed by atoms with E-state index in [9.17, 15) is 9.59 Å². The fourth-order valence-electron chi connectivity index (χ4n) is 2.62. The van der Waals surface area contributed by atoms with E-state index in [1.165, 1.54) is 0 Å². The Morgan fingerprint density at radius 2 is 1.89 bits per heavy atom. The van der Waals surface area contributed by atoms with E-state index in [0.29, 0.717) is 22.2 Å².